The van der Waals surface area contributed by atoms with Crippen molar-refractivity contribution in [3.63, 3.8) is 0 Å². The molecule has 0 spiro atoms. The Morgan fingerprint density at radius 1 is 1.43 bits per heavy atom. The molecule has 1 aromatic rings. The van der Waals surface area contributed by atoms with Gasteiger partial charge in [0.25, 0.3) is 6.43 Å². The first kappa shape index (κ1) is 11.1. The fourth-order valence-corrected chi connectivity index (χ4v) is 1.54. The van der Waals surface area contributed by atoms with E-state index >= 15 is 0 Å². The van der Waals surface area contributed by atoms with Gasteiger partial charge in [-0.3, -0.25) is 0 Å². The quantitative estimate of drug-likeness (QED) is 0.708. The molecule has 0 radical (unpaired) electrons. The SMILES string of the molecule is O=CCCc1cccc(Cl)c1C(F)F. The predicted octanol–water partition coefficient (Wildman–Crippen LogP) is 3.41. The highest BCUT2D eigenvalue weighted by molar-refractivity contribution is 6.31. The lowest BCUT2D eigenvalue weighted by Gasteiger charge is -2.08. The molecule has 0 bridgehead atoms. The van der Waals surface area contributed by atoms with Crippen molar-refractivity contribution < 1.29 is 13.6 Å². The van der Waals surface area contributed by atoms with E-state index in [0.29, 0.717) is 18.3 Å². The second-order valence-electron chi connectivity index (χ2n) is 2.82. The third-order valence-corrected chi connectivity index (χ3v) is 2.22. The van der Waals surface area contributed by atoms with Crippen LogP contribution in [0.15, 0.2) is 18.2 Å². The number of halogens is 3. The Morgan fingerprint density at radius 2 is 2.14 bits per heavy atom. The van der Waals surface area contributed by atoms with Crippen molar-refractivity contribution in [2.75, 3.05) is 0 Å². The maximum atomic E-state index is 12.5. The van der Waals surface area contributed by atoms with Gasteiger partial charge in [0, 0.05) is 17.0 Å². The van der Waals surface area contributed by atoms with Gasteiger partial charge >= 0.3 is 0 Å². The van der Waals surface area contributed by atoms with E-state index in [1.807, 2.05) is 0 Å². The molecule has 76 valence electrons. The first-order valence-corrected chi connectivity index (χ1v) is 4.53. The molecule has 1 nitrogen and oxygen atoms in total. The Bertz CT molecular complexity index is 326. The minimum absolute atomic E-state index is 0.0587. The second-order valence-corrected chi connectivity index (χ2v) is 3.23. The number of hydrogen-bond acceptors (Lipinski definition) is 1. The summed E-state index contributed by atoms with van der Waals surface area (Å²) in [6.07, 6.45) is -1.34. The average molecular weight is 219 g/mol. The molecule has 0 fully saturated rings. The van der Waals surface area contributed by atoms with Gasteiger partial charge in [0.05, 0.1) is 0 Å². The summed E-state index contributed by atoms with van der Waals surface area (Å²) in [5, 5.41) is 0.0587. The summed E-state index contributed by atoms with van der Waals surface area (Å²) < 4.78 is 25.1. The summed E-state index contributed by atoms with van der Waals surface area (Å²) in [6.45, 7) is 0. The number of aryl methyl sites for hydroxylation is 1. The zero-order valence-electron chi connectivity index (χ0n) is 7.34. The van der Waals surface area contributed by atoms with E-state index < -0.39 is 6.43 Å². The van der Waals surface area contributed by atoms with E-state index in [4.69, 9.17) is 11.6 Å². The normalized spacial score (nSPS) is 10.6. The highest BCUT2D eigenvalue weighted by atomic mass is 35.5. The van der Waals surface area contributed by atoms with Crippen molar-refractivity contribution >= 4 is 17.9 Å². The van der Waals surface area contributed by atoms with Crippen LogP contribution in [0, 0.1) is 0 Å². The van der Waals surface area contributed by atoms with Crippen LogP contribution in [-0.4, -0.2) is 6.29 Å². The maximum Gasteiger partial charge on any atom is 0.265 e. The molecule has 4 heteroatoms. The monoisotopic (exact) mass is 218 g/mol. The van der Waals surface area contributed by atoms with E-state index in [0.717, 1.165) is 0 Å². The third-order valence-electron chi connectivity index (χ3n) is 1.89. The number of alkyl halides is 2. The third kappa shape index (κ3) is 2.51. The van der Waals surface area contributed by atoms with Crippen LogP contribution in [-0.2, 0) is 11.2 Å². The van der Waals surface area contributed by atoms with Gasteiger partial charge in [0.2, 0.25) is 0 Å². The van der Waals surface area contributed by atoms with Crippen molar-refractivity contribution in [2.24, 2.45) is 0 Å². The van der Waals surface area contributed by atoms with Crippen LogP contribution in [0.2, 0.25) is 5.02 Å². The Morgan fingerprint density at radius 3 is 2.71 bits per heavy atom. The van der Waals surface area contributed by atoms with Crippen molar-refractivity contribution in [2.45, 2.75) is 19.3 Å². The molecule has 0 heterocycles. The molecule has 0 aromatic heterocycles. The number of aldehydes is 1. The van der Waals surface area contributed by atoms with Gasteiger partial charge in [-0.2, -0.15) is 0 Å². The lowest BCUT2D eigenvalue weighted by Crippen LogP contribution is -1.96. The minimum Gasteiger partial charge on any atom is -0.303 e. The van der Waals surface area contributed by atoms with Crippen LogP contribution >= 0.6 is 11.6 Å². The first-order valence-electron chi connectivity index (χ1n) is 4.16. The Balaban J connectivity index is 3.01. The zero-order valence-corrected chi connectivity index (χ0v) is 8.10. The topological polar surface area (TPSA) is 17.1 Å². The molecule has 0 aliphatic rings. The molecule has 1 rings (SSSR count). The van der Waals surface area contributed by atoms with Gasteiger partial charge in [-0.1, -0.05) is 23.7 Å². The summed E-state index contributed by atoms with van der Waals surface area (Å²) in [4.78, 5) is 10.1. The summed E-state index contributed by atoms with van der Waals surface area (Å²) in [5.41, 5.74) is 0.288. The zero-order chi connectivity index (χ0) is 10.6. The van der Waals surface area contributed by atoms with E-state index in [-0.39, 0.29) is 17.0 Å². The number of hydrogen-bond donors (Lipinski definition) is 0. The van der Waals surface area contributed by atoms with Gasteiger partial charge in [-0.05, 0) is 18.1 Å². The molecule has 0 atom stereocenters. The lowest BCUT2D eigenvalue weighted by molar-refractivity contribution is -0.107. The molecular formula is C10H9ClF2O. The Labute approximate surface area is 85.7 Å². The molecule has 14 heavy (non-hydrogen) atoms. The van der Waals surface area contributed by atoms with Gasteiger partial charge in [0.15, 0.2) is 0 Å². The van der Waals surface area contributed by atoms with E-state index in [9.17, 15) is 13.6 Å². The van der Waals surface area contributed by atoms with Crippen molar-refractivity contribution in [3.05, 3.63) is 34.3 Å². The molecule has 0 aliphatic carbocycles. The molecule has 0 N–H and O–H groups in total. The Kier molecular flexibility index (Phi) is 4.01. The predicted molar refractivity (Wildman–Crippen MR) is 50.8 cm³/mol. The second kappa shape index (κ2) is 5.05. The summed E-state index contributed by atoms with van der Waals surface area (Å²) in [6, 6.07) is 4.60. The van der Waals surface area contributed by atoms with Crippen molar-refractivity contribution in [1.82, 2.24) is 0 Å². The van der Waals surface area contributed by atoms with Crippen LogP contribution in [0.4, 0.5) is 8.78 Å². The van der Waals surface area contributed by atoms with Crippen LogP contribution < -0.4 is 0 Å². The molecule has 0 saturated heterocycles. The highest BCUT2D eigenvalue weighted by Crippen LogP contribution is 2.30. The lowest BCUT2D eigenvalue weighted by atomic mass is 10.0. The van der Waals surface area contributed by atoms with Gasteiger partial charge in [-0.15, -0.1) is 0 Å². The van der Waals surface area contributed by atoms with Crippen LogP contribution in [0.1, 0.15) is 24.0 Å². The van der Waals surface area contributed by atoms with Crippen LogP contribution in [0.3, 0.4) is 0 Å². The summed E-state index contributed by atoms with van der Waals surface area (Å²) in [5.74, 6) is 0. The van der Waals surface area contributed by atoms with Crippen LogP contribution in [0.5, 0.6) is 0 Å². The van der Waals surface area contributed by atoms with Gasteiger partial charge in [-0.25, -0.2) is 8.78 Å². The fourth-order valence-electron chi connectivity index (χ4n) is 1.26. The standard InChI is InChI=1S/C10H9ClF2O/c11-8-5-1-3-7(4-2-6-14)9(8)10(12)13/h1,3,5-6,10H,2,4H2. The minimum atomic E-state index is -2.59. The molecule has 1 aromatic carbocycles. The van der Waals surface area contributed by atoms with Gasteiger partial charge in [0.1, 0.15) is 6.29 Å². The van der Waals surface area contributed by atoms with Gasteiger partial charge < -0.3 is 4.79 Å². The average Bonchev–Trinajstić information content (AvgIpc) is 2.14. The number of carbonyl (C=O) groups is 1. The smallest absolute Gasteiger partial charge is 0.265 e. The molecular weight excluding hydrogens is 210 g/mol. The van der Waals surface area contributed by atoms with Crippen molar-refractivity contribution in [1.29, 1.82) is 0 Å². The van der Waals surface area contributed by atoms with E-state index in [1.165, 1.54) is 6.07 Å². The number of rotatable bonds is 4. The van der Waals surface area contributed by atoms with E-state index in [2.05, 4.69) is 0 Å². The molecule has 0 unspecified atom stereocenters. The summed E-state index contributed by atoms with van der Waals surface area (Å²) in [7, 11) is 0. The molecule has 0 amide bonds. The largest absolute Gasteiger partial charge is 0.303 e. The summed E-state index contributed by atoms with van der Waals surface area (Å²) >= 11 is 5.63. The Hall–Kier alpha value is -0.960. The van der Waals surface area contributed by atoms with E-state index in [1.54, 1.807) is 12.1 Å². The highest BCUT2D eigenvalue weighted by Gasteiger charge is 2.15. The fraction of sp³-hybridized carbons (Fsp3) is 0.300. The number of carbonyl (C=O) groups excluding carboxylic acids is 1. The van der Waals surface area contributed by atoms with Crippen LogP contribution in [0.25, 0.3) is 0 Å². The maximum absolute atomic E-state index is 12.5. The molecule has 0 aliphatic heterocycles. The molecule has 0 saturated carbocycles. The number of benzene rings is 1. The first-order chi connectivity index (χ1) is 6.66. The van der Waals surface area contributed by atoms with Crippen molar-refractivity contribution in [3.8, 4) is 0 Å².